The van der Waals surface area contributed by atoms with Gasteiger partial charge in [-0.3, -0.25) is 9.78 Å². The quantitative estimate of drug-likeness (QED) is 0.378. The average Bonchev–Trinajstić information content (AvgIpc) is 2.55. The van der Waals surface area contributed by atoms with Crippen LogP contribution in [0.1, 0.15) is 26.3 Å². The fourth-order valence-electron chi connectivity index (χ4n) is 2.23. The molecule has 130 valence electrons. The lowest BCUT2D eigenvalue weighted by Crippen LogP contribution is -2.48. The van der Waals surface area contributed by atoms with Crippen LogP contribution in [0.15, 0.2) is 36.7 Å². The van der Waals surface area contributed by atoms with Crippen molar-refractivity contribution in [1.82, 2.24) is 10.3 Å². The number of carbonyl (C=O) groups excluding carboxylic acids is 1. The number of nitrogen functional groups attached to an aromatic ring is 1. The van der Waals surface area contributed by atoms with Gasteiger partial charge < -0.3 is 31.3 Å². The van der Waals surface area contributed by atoms with Crippen LogP contribution in [-0.4, -0.2) is 50.2 Å². The molecule has 0 spiro atoms. The molecule has 0 saturated heterocycles. The number of hydrogen-bond donors (Lipinski definition) is 6. The lowest BCUT2D eigenvalue weighted by atomic mass is 9.75. The molecule has 25 heavy (non-hydrogen) atoms. The number of phenols is 1. The lowest BCUT2D eigenvalue weighted by Gasteiger charge is -2.19. The largest absolute Gasteiger partial charge is 0.507 e. The molecule has 0 radical (unpaired) electrons. The molecule has 2 aromatic rings. The summed E-state index contributed by atoms with van der Waals surface area (Å²) in [6.45, 7) is 0. The highest BCUT2D eigenvalue weighted by Crippen LogP contribution is 2.24. The number of carbonyl (C=O) groups is 2. The van der Waals surface area contributed by atoms with Crippen LogP contribution in [0.2, 0.25) is 0 Å². The van der Waals surface area contributed by atoms with Crippen LogP contribution in [0.5, 0.6) is 5.75 Å². The third kappa shape index (κ3) is 4.46. The molecule has 10 heteroatoms. The summed E-state index contributed by atoms with van der Waals surface area (Å²) in [5, 5.41) is 40.4. The molecule has 1 aromatic heterocycles. The lowest BCUT2D eigenvalue weighted by molar-refractivity contribution is 0.0693. The molecular formula is C15H16BN3O6. The fraction of sp³-hybridized carbons (Fsp3) is 0.133. The van der Waals surface area contributed by atoms with Crippen molar-refractivity contribution in [2.75, 3.05) is 5.73 Å². The van der Waals surface area contributed by atoms with Crippen molar-refractivity contribution in [2.45, 2.75) is 12.4 Å². The molecule has 0 saturated carbocycles. The number of aromatic hydroxyl groups is 1. The van der Waals surface area contributed by atoms with Crippen molar-refractivity contribution in [3.8, 4) is 5.75 Å². The minimum absolute atomic E-state index is 0.120. The first-order valence-electron chi connectivity index (χ1n) is 7.21. The Labute approximate surface area is 142 Å². The molecule has 1 aromatic carbocycles. The van der Waals surface area contributed by atoms with Crippen LogP contribution in [0.4, 0.5) is 5.69 Å². The second-order valence-corrected chi connectivity index (χ2v) is 5.32. The molecule has 7 N–H and O–H groups in total. The fourth-order valence-corrected chi connectivity index (χ4v) is 2.23. The van der Waals surface area contributed by atoms with Gasteiger partial charge in [0, 0.05) is 12.4 Å². The summed E-state index contributed by atoms with van der Waals surface area (Å²) >= 11 is 0. The van der Waals surface area contributed by atoms with Crippen LogP contribution in [0.3, 0.4) is 0 Å². The van der Waals surface area contributed by atoms with Crippen LogP contribution in [0, 0.1) is 0 Å². The zero-order chi connectivity index (χ0) is 18.6. The Morgan fingerprint density at radius 1 is 1.28 bits per heavy atom. The van der Waals surface area contributed by atoms with E-state index in [1.54, 1.807) is 0 Å². The molecule has 1 amide bonds. The maximum Gasteiger partial charge on any atom is 0.475 e. The smallest absolute Gasteiger partial charge is 0.475 e. The summed E-state index contributed by atoms with van der Waals surface area (Å²) in [5.74, 6) is -3.66. The minimum Gasteiger partial charge on any atom is -0.507 e. The van der Waals surface area contributed by atoms with E-state index in [2.05, 4.69) is 10.3 Å². The van der Waals surface area contributed by atoms with Gasteiger partial charge in [-0.1, -0.05) is 12.1 Å². The van der Waals surface area contributed by atoms with E-state index >= 15 is 0 Å². The molecule has 2 rings (SSSR count). The number of benzene rings is 1. The second-order valence-electron chi connectivity index (χ2n) is 5.32. The van der Waals surface area contributed by atoms with Crippen LogP contribution < -0.4 is 11.1 Å². The molecule has 0 aliphatic rings. The van der Waals surface area contributed by atoms with Gasteiger partial charge in [0.1, 0.15) is 11.3 Å². The summed E-state index contributed by atoms with van der Waals surface area (Å²) in [7, 11) is -1.94. The van der Waals surface area contributed by atoms with Crippen molar-refractivity contribution >= 4 is 24.7 Å². The van der Waals surface area contributed by atoms with Gasteiger partial charge in [0.2, 0.25) is 0 Å². The number of nitrogens with zero attached hydrogens (tertiary/aromatic N) is 1. The number of amides is 1. The Morgan fingerprint density at radius 2 is 2.00 bits per heavy atom. The Morgan fingerprint density at radius 3 is 2.60 bits per heavy atom. The van der Waals surface area contributed by atoms with E-state index in [4.69, 9.17) is 10.8 Å². The Kier molecular flexibility index (Phi) is 5.58. The van der Waals surface area contributed by atoms with E-state index in [9.17, 15) is 24.7 Å². The van der Waals surface area contributed by atoms with E-state index in [0.717, 1.165) is 0 Å². The zero-order valence-corrected chi connectivity index (χ0v) is 13.0. The van der Waals surface area contributed by atoms with Crippen LogP contribution >= 0.6 is 0 Å². The number of rotatable bonds is 6. The van der Waals surface area contributed by atoms with E-state index in [0.29, 0.717) is 0 Å². The van der Waals surface area contributed by atoms with Gasteiger partial charge in [0.05, 0.1) is 17.2 Å². The van der Waals surface area contributed by atoms with Crippen molar-refractivity contribution < 1.29 is 29.9 Å². The first-order chi connectivity index (χ1) is 11.8. The SMILES string of the molecule is Nc1cncc(C(=O)N[C@@H](Cc2cccc(C(=O)O)c2O)B(O)O)c1. The number of para-hydroxylation sites is 1. The standard InChI is InChI=1S/C15H16BN3O6/c17-10-4-9(6-18-7-10)14(21)19-12(16(24)25)5-8-2-1-3-11(13(8)20)15(22)23/h1-4,6-7,12,20,24-25H,5,17H2,(H,19,21)(H,22,23)/t12-/m0/s1. The summed E-state index contributed by atoms with van der Waals surface area (Å²) in [5.41, 5.74) is 5.75. The summed E-state index contributed by atoms with van der Waals surface area (Å²) in [4.78, 5) is 27.0. The number of hydrogen-bond acceptors (Lipinski definition) is 7. The normalized spacial score (nSPS) is 11.6. The van der Waals surface area contributed by atoms with Crippen LogP contribution in [0.25, 0.3) is 0 Å². The number of aromatic nitrogens is 1. The van der Waals surface area contributed by atoms with Gasteiger partial charge in [0.25, 0.3) is 5.91 Å². The molecular weight excluding hydrogens is 329 g/mol. The minimum atomic E-state index is -1.94. The second kappa shape index (κ2) is 7.64. The molecule has 0 aliphatic heterocycles. The van der Waals surface area contributed by atoms with E-state index in [-0.39, 0.29) is 28.8 Å². The van der Waals surface area contributed by atoms with Crippen molar-refractivity contribution in [3.63, 3.8) is 0 Å². The van der Waals surface area contributed by atoms with Crippen LogP contribution in [-0.2, 0) is 6.42 Å². The highest BCUT2D eigenvalue weighted by atomic mass is 16.4. The number of anilines is 1. The van der Waals surface area contributed by atoms with Gasteiger partial charge >= 0.3 is 13.1 Å². The number of carboxylic acid groups (broad SMARTS) is 1. The van der Waals surface area contributed by atoms with Gasteiger partial charge in [-0.05, 0) is 24.1 Å². The van der Waals surface area contributed by atoms with E-state index in [1.807, 2.05) is 0 Å². The topological polar surface area (TPSA) is 166 Å². The highest BCUT2D eigenvalue weighted by molar-refractivity contribution is 6.43. The predicted molar refractivity (Wildman–Crippen MR) is 88.9 cm³/mol. The summed E-state index contributed by atoms with van der Waals surface area (Å²) in [6, 6.07) is 5.41. The highest BCUT2D eigenvalue weighted by Gasteiger charge is 2.28. The first kappa shape index (κ1) is 18.2. The Hall–Kier alpha value is -3.11. The number of carboxylic acids is 1. The Balaban J connectivity index is 2.21. The van der Waals surface area contributed by atoms with Gasteiger partial charge in [0.15, 0.2) is 0 Å². The van der Waals surface area contributed by atoms with E-state index < -0.39 is 30.7 Å². The van der Waals surface area contributed by atoms with Crippen molar-refractivity contribution in [1.29, 1.82) is 0 Å². The van der Waals surface area contributed by atoms with Gasteiger partial charge in [-0.15, -0.1) is 0 Å². The molecule has 0 fully saturated rings. The third-order valence-corrected chi connectivity index (χ3v) is 3.49. The van der Waals surface area contributed by atoms with Gasteiger partial charge in [-0.2, -0.15) is 0 Å². The molecule has 0 bridgehead atoms. The summed E-state index contributed by atoms with van der Waals surface area (Å²) in [6.07, 6.45) is 2.41. The number of pyridine rings is 1. The monoisotopic (exact) mass is 345 g/mol. The van der Waals surface area contributed by atoms with E-state index in [1.165, 1.54) is 36.7 Å². The molecule has 0 unspecified atom stereocenters. The molecule has 1 atom stereocenters. The molecule has 0 aliphatic carbocycles. The number of nitrogens with two attached hydrogens (primary N) is 1. The number of aromatic carboxylic acids is 1. The average molecular weight is 345 g/mol. The maximum absolute atomic E-state index is 12.2. The third-order valence-electron chi connectivity index (χ3n) is 3.49. The van der Waals surface area contributed by atoms with Gasteiger partial charge in [-0.25, -0.2) is 4.79 Å². The first-order valence-corrected chi connectivity index (χ1v) is 7.21. The zero-order valence-electron chi connectivity index (χ0n) is 13.0. The number of nitrogens with one attached hydrogen (secondary N) is 1. The predicted octanol–water partition coefficient (Wildman–Crippen LogP) is -0.579. The molecule has 1 heterocycles. The van der Waals surface area contributed by atoms with Crippen molar-refractivity contribution in [2.24, 2.45) is 0 Å². The van der Waals surface area contributed by atoms with Crippen molar-refractivity contribution in [3.05, 3.63) is 53.3 Å². The maximum atomic E-state index is 12.2. The molecule has 9 nitrogen and oxygen atoms in total. The summed E-state index contributed by atoms with van der Waals surface area (Å²) < 4.78 is 0. The Bertz CT molecular complexity index is 799.